The van der Waals surface area contributed by atoms with Gasteiger partial charge in [-0.1, -0.05) is 6.07 Å². The lowest BCUT2D eigenvalue weighted by Gasteiger charge is -2.12. The predicted molar refractivity (Wildman–Crippen MR) is 61.8 cm³/mol. The average Bonchev–Trinajstić information content (AvgIpc) is 2.65. The lowest BCUT2D eigenvalue weighted by molar-refractivity contribution is 0.821. The summed E-state index contributed by atoms with van der Waals surface area (Å²) in [5, 5.41) is 11.9. The summed E-state index contributed by atoms with van der Waals surface area (Å²) < 4.78 is 0. The first-order valence-corrected chi connectivity index (χ1v) is 5.55. The Morgan fingerprint density at radius 1 is 1.40 bits per heavy atom. The highest BCUT2D eigenvalue weighted by Gasteiger charge is 2.11. The molecule has 0 saturated carbocycles. The number of nitrogens with zero attached hydrogens (tertiary/aromatic N) is 1. The molecule has 0 radical (unpaired) electrons. The van der Waals surface area contributed by atoms with Crippen LogP contribution in [0.2, 0.25) is 0 Å². The van der Waals surface area contributed by atoms with Crippen molar-refractivity contribution in [2.75, 3.05) is 5.32 Å². The molecule has 0 heterocycles. The molecule has 0 aliphatic heterocycles. The number of rotatable bonds is 3. The Kier molecular flexibility index (Phi) is 2.91. The molecule has 2 heteroatoms. The van der Waals surface area contributed by atoms with Gasteiger partial charge in [0.05, 0.1) is 12.5 Å². The van der Waals surface area contributed by atoms with Crippen LogP contribution in [0.5, 0.6) is 0 Å². The molecule has 0 fully saturated rings. The number of fused-ring (bicyclic) bond motifs is 1. The Labute approximate surface area is 90.9 Å². The van der Waals surface area contributed by atoms with Crippen LogP contribution < -0.4 is 5.32 Å². The Morgan fingerprint density at radius 2 is 2.20 bits per heavy atom. The zero-order valence-electron chi connectivity index (χ0n) is 9.09. The standard InChI is InChI=1S/C13H16N2/c1-10(7-8-14)15-13-6-5-11-3-2-4-12(11)9-13/h5-6,9-10,15H,2-4,7H2,1H3. The van der Waals surface area contributed by atoms with Gasteiger partial charge < -0.3 is 5.32 Å². The fraction of sp³-hybridized carbons (Fsp3) is 0.462. The van der Waals surface area contributed by atoms with Crippen molar-refractivity contribution < 1.29 is 0 Å². The lowest BCUT2D eigenvalue weighted by Crippen LogP contribution is -2.14. The van der Waals surface area contributed by atoms with E-state index in [1.165, 1.54) is 30.4 Å². The molecule has 1 aliphatic rings. The van der Waals surface area contributed by atoms with Crippen LogP contribution in [0.3, 0.4) is 0 Å². The monoisotopic (exact) mass is 200 g/mol. The van der Waals surface area contributed by atoms with E-state index in [-0.39, 0.29) is 6.04 Å². The van der Waals surface area contributed by atoms with Crippen LogP contribution in [0, 0.1) is 11.3 Å². The third-order valence-electron chi connectivity index (χ3n) is 2.91. The summed E-state index contributed by atoms with van der Waals surface area (Å²) in [6, 6.07) is 8.98. The zero-order chi connectivity index (χ0) is 10.7. The number of hydrogen-bond acceptors (Lipinski definition) is 2. The number of hydrogen-bond donors (Lipinski definition) is 1. The van der Waals surface area contributed by atoms with E-state index in [1.807, 2.05) is 6.92 Å². The SMILES string of the molecule is CC(CC#N)Nc1ccc2c(c1)CCC2. The van der Waals surface area contributed by atoms with E-state index in [0.29, 0.717) is 6.42 Å². The van der Waals surface area contributed by atoms with E-state index in [4.69, 9.17) is 5.26 Å². The maximum absolute atomic E-state index is 8.58. The second-order valence-electron chi connectivity index (χ2n) is 4.24. The highest BCUT2D eigenvalue weighted by atomic mass is 14.9. The quantitative estimate of drug-likeness (QED) is 0.814. The van der Waals surface area contributed by atoms with Crippen LogP contribution in [-0.2, 0) is 12.8 Å². The molecule has 1 aromatic rings. The smallest absolute Gasteiger partial charge is 0.0643 e. The third kappa shape index (κ3) is 2.30. The van der Waals surface area contributed by atoms with Crippen molar-refractivity contribution >= 4 is 5.69 Å². The van der Waals surface area contributed by atoms with Gasteiger partial charge in [-0.25, -0.2) is 0 Å². The molecule has 1 aliphatic carbocycles. The minimum absolute atomic E-state index is 0.231. The van der Waals surface area contributed by atoms with E-state index in [9.17, 15) is 0 Å². The summed E-state index contributed by atoms with van der Waals surface area (Å²) in [7, 11) is 0. The fourth-order valence-electron chi connectivity index (χ4n) is 2.13. The maximum atomic E-state index is 8.58. The molecule has 1 unspecified atom stereocenters. The van der Waals surface area contributed by atoms with Gasteiger partial charge in [-0.3, -0.25) is 0 Å². The summed E-state index contributed by atoms with van der Waals surface area (Å²) in [4.78, 5) is 0. The van der Waals surface area contributed by atoms with Gasteiger partial charge in [0.2, 0.25) is 0 Å². The number of aryl methyl sites for hydroxylation is 2. The first kappa shape index (κ1) is 10.0. The van der Waals surface area contributed by atoms with Crippen molar-refractivity contribution in [1.29, 1.82) is 5.26 Å². The van der Waals surface area contributed by atoms with Crippen LogP contribution in [-0.4, -0.2) is 6.04 Å². The minimum Gasteiger partial charge on any atom is -0.382 e. The molecule has 0 spiro atoms. The van der Waals surface area contributed by atoms with Gasteiger partial charge in [0.25, 0.3) is 0 Å². The first-order chi connectivity index (χ1) is 7.29. The number of nitrogens with one attached hydrogen (secondary N) is 1. The van der Waals surface area contributed by atoms with E-state index in [2.05, 4.69) is 29.6 Å². The molecule has 2 nitrogen and oxygen atoms in total. The molecule has 0 aromatic heterocycles. The van der Waals surface area contributed by atoms with Gasteiger partial charge in [-0.15, -0.1) is 0 Å². The van der Waals surface area contributed by atoms with Gasteiger partial charge in [0.1, 0.15) is 0 Å². The van der Waals surface area contributed by atoms with Gasteiger partial charge in [-0.2, -0.15) is 5.26 Å². The van der Waals surface area contributed by atoms with E-state index in [1.54, 1.807) is 0 Å². The molecule has 0 bridgehead atoms. The molecule has 1 N–H and O–H groups in total. The van der Waals surface area contributed by atoms with Gasteiger partial charge >= 0.3 is 0 Å². The number of anilines is 1. The topological polar surface area (TPSA) is 35.8 Å². The fourth-order valence-corrected chi connectivity index (χ4v) is 2.13. The third-order valence-corrected chi connectivity index (χ3v) is 2.91. The summed E-state index contributed by atoms with van der Waals surface area (Å²) in [5.74, 6) is 0. The summed E-state index contributed by atoms with van der Waals surface area (Å²) in [6.07, 6.45) is 4.27. The normalized spacial score (nSPS) is 15.5. The van der Waals surface area contributed by atoms with Crippen molar-refractivity contribution in [3.05, 3.63) is 29.3 Å². The van der Waals surface area contributed by atoms with Crippen LogP contribution in [0.25, 0.3) is 0 Å². The molecule has 0 saturated heterocycles. The van der Waals surface area contributed by atoms with Crippen molar-refractivity contribution in [2.24, 2.45) is 0 Å². The highest BCUT2D eigenvalue weighted by molar-refractivity contribution is 5.50. The Hall–Kier alpha value is -1.49. The Balaban J connectivity index is 2.07. The van der Waals surface area contributed by atoms with Gasteiger partial charge in [0.15, 0.2) is 0 Å². The van der Waals surface area contributed by atoms with Crippen molar-refractivity contribution in [2.45, 2.75) is 38.6 Å². The lowest BCUT2D eigenvalue weighted by atomic mass is 10.1. The number of nitriles is 1. The first-order valence-electron chi connectivity index (χ1n) is 5.55. The van der Waals surface area contributed by atoms with Crippen LogP contribution in [0.4, 0.5) is 5.69 Å². The molecular formula is C13H16N2. The van der Waals surface area contributed by atoms with Crippen LogP contribution >= 0.6 is 0 Å². The molecule has 78 valence electrons. The summed E-state index contributed by atoms with van der Waals surface area (Å²) in [6.45, 7) is 2.04. The number of benzene rings is 1. The summed E-state index contributed by atoms with van der Waals surface area (Å²) in [5.41, 5.74) is 4.12. The summed E-state index contributed by atoms with van der Waals surface area (Å²) >= 11 is 0. The molecule has 15 heavy (non-hydrogen) atoms. The minimum atomic E-state index is 0.231. The molecule has 1 atom stereocenters. The van der Waals surface area contributed by atoms with Crippen molar-refractivity contribution in [3.8, 4) is 6.07 Å². The average molecular weight is 200 g/mol. The van der Waals surface area contributed by atoms with E-state index in [0.717, 1.165) is 5.69 Å². The molecule has 1 aromatic carbocycles. The molecule has 0 amide bonds. The van der Waals surface area contributed by atoms with Crippen molar-refractivity contribution in [3.63, 3.8) is 0 Å². The second kappa shape index (κ2) is 4.35. The predicted octanol–water partition coefficient (Wildman–Crippen LogP) is 2.89. The Bertz CT molecular complexity index is 390. The van der Waals surface area contributed by atoms with Crippen molar-refractivity contribution in [1.82, 2.24) is 0 Å². The van der Waals surface area contributed by atoms with Gasteiger partial charge in [0, 0.05) is 11.7 Å². The maximum Gasteiger partial charge on any atom is 0.0643 e. The van der Waals surface area contributed by atoms with Crippen LogP contribution in [0.1, 0.15) is 30.9 Å². The van der Waals surface area contributed by atoms with E-state index >= 15 is 0 Å². The van der Waals surface area contributed by atoms with Crippen LogP contribution in [0.15, 0.2) is 18.2 Å². The zero-order valence-corrected chi connectivity index (χ0v) is 9.09. The van der Waals surface area contributed by atoms with E-state index < -0.39 is 0 Å². The molecular weight excluding hydrogens is 184 g/mol. The largest absolute Gasteiger partial charge is 0.382 e. The molecule has 2 rings (SSSR count). The highest BCUT2D eigenvalue weighted by Crippen LogP contribution is 2.25. The van der Waals surface area contributed by atoms with Gasteiger partial charge in [-0.05, 0) is 49.4 Å². The second-order valence-corrected chi connectivity index (χ2v) is 4.24. The Morgan fingerprint density at radius 3 is 3.00 bits per heavy atom.